The van der Waals surface area contributed by atoms with Crippen LogP contribution in [-0.4, -0.2) is 23.1 Å². The van der Waals surface area contributed by atoms with Crippen LogP contribution < -0.4 is 0 Å². The maximum atomic E-state index is 13.4. The highest BCUT2D eigenvalue weighted by Crippen LogP contribution is 2.39. The lowest BCUT2D eigenvalue weighted by Gasteiger charge is -2.25. The van der Waals surface area contributed by atoms with Crippen LogP contribution in [-0.2, 0) is 0 Å². The molecule has 2 nitrogen and oxygen atoms in total. The van der Waals surface area contributed by atoms with E-state index in [9.17, 15) is 9.18 Å². The topological polar surface area (TPSA) is 20.3 Å². The van der Waals surface area contributed by atoms with E-state index < -0.39 is 0 Å². The maximum Gasteiger partial charge on any atom is 0.255 e. The maximum absolute atomic E-state index is 13.4. The molecule has 2 aromatic carbocycles. The van der Waals surface area contributed by atoms with Crippen molar-refractivity contribution in [1.29, 1.82) is 0 Å². The lowest BCUT2D eigenvalue weighted by Crippen LogP contribution is -2.30. The molecule has 1 amide bonds. The largest absolute Gasteiger partial charge is 0.322 e. The molecule has 0 aromatic heterocycles. The van der Waals surface area contributed by atoms with Gasteiger partial charge in [0.15, 0.2) is 0 Å². The quantitative estimate of drug-likeness (QED) is 0.835. The molecule has 0 aliphatic carbocycles. The minimum absolute atomic E-state index is 0.0207. The zero-order chi connectivity index (χ0) is 14.8. The van der Waals surface area contributed by atoms with Crippen molar-refractivity contribution < 1.29 is 9.18 Å². The number of rotatable bonds is 2. The van der Waals surface area contributed by atoms with Crippen molar-refractivity contribution in [2.75, 3.05) is 12.3 Å². The van der Waals surface area contributed by atoms with Crippen LogP contribution in [0.15, 0.2) is 48.5 Å². The number of nitrogens with zero attached hydrogens (tertiary/aromatic N) is 1. The summed E-state index contributed by atoms with van der Waals surface area (Å²) < 4.78 is 13.4. The van der Waals surface area contributed by atoms with E-state index in [-0.39, 0.29) is 17.1 Å². The predicted molar refractivity (Wildman–Crippen MR) is 83.8 cm³/mol. The summed E-state index contributed by atoms with van der Waals surface area (Å²) in [5.41, 5.74) is 2.54. The van der Waals surface area contributed by atoms with E-state index in [0.717, 1.165) is 22.4 Å². The van der Waals surface area contributed by atoms with Crippen molar-refractivity contribution in [1.82, 2.24) is 4.90 Å². The average molecular weight is 301 g/mol. The molecule has 1 atom stereocenters. The van der Waals surface area contributed by atoms with E-state index >= 15 is 0 Å². The Hall–Kier alpha value is -1.81. The van der Waals surface area contributed by atoms with Crippen molar-refractivity contribution in [3.05, 3.63) is 71.0 Å². The van der Waals surface area contributed by atoms with Crippen molar-refractivity contribution in [2.45, 2.75) is 12.3 Å². The Kier molecular flexibility index (Phi) is 3.97. The molecule has 21 heavy (non-hydrogen) atoms. The van der Waals surface area contributed by atoms with E-state index in [2.05, 4.69) is 0 Å². The summed E-state index contributed by atoms with van der Waals surface area (Å²) in [4.78, 5) is 14.6. The Labute approximate surface area is 128 Å². The number of carbonyl (C=O) groups excluding carboxylic acids is 1. The lowest BCUT2D eigenvalue weighted by molar-refractivity contribution is 0.0759. The second-order valence-corrected chi connectivity index (χ2v) is 6.28. The number of aryl methyl sites for hydroxylation is 1. The first-order valence-electron chi connectivity index (χ1n) is 6.90. The van der Waals surface area contributed by atoms with Gasteiger partial charge in [0.25, 0.3) is 5.91 Å². The molecule has 108 valence electrons. The van der Waals surface area contributed by atoms with Gasteiger partial charge in [-0.05, 0) is 36.2 Å². The number of hydrogen-bond donors (Lipinski definition) is 0. The van der Waals surface area contributed by atoms with Gasteiger partial charge in [-0.25, -0.2) is 4.39 Å². The molecule has 0 spiro atoms. The van der Waals surface area contributed by atoms with Gasteiger partial charge in [0.05, 0.1) is 0 Å². The van der Waals surface area contributed by atoms with Crippen molar-refractivity contribution >= 4 is 17.7 Å². The highest BCUT2D eigenvalue weighted by atomic mass is 32.2. The third-order valence-corrected chi connectivity index (χ3v) is 4.92. The normalized spacial score (nSPS) is 18.0. The summed E-state index contributed by atoms with van der Waals surface area (Å²) in [6, 6.07) is 14.1. The lowest BCUT2D eigenvalue weighted by atomic mass is 10.1. The number of halogens is 1. The van der Waals surface area contributed by atoms with Crippen LogP contribution in [0.1, 0.15) is 26.9 Å². The second-order valence-electron chi connectivity index (χ2n) is 5.09. The summed E-state index contributed by atoms with van der Waals surface area (Å²) in [6.45, 7) is 2.63. The first-order chi connectivity index (χ1) is 10.2. The summed E-state index contributed by atoms with van der Waals surface area (Å²) >= 11 is 1.68. The average Bonchev–Trinajstić information content (AvgIpc) is 2.96. The molecule has 0 radical (unpaired) electrons. The Morgan fingerprint density at radius 1 is 1.24 bits per heavy atom. The van der Waals surface area contributed by atoms with E-state index in [1.165, 1.54) is 12.1 Å². The fourth-order valence-electron chi connectivity index (χ4n) is 2.58. The molecule has 0 unspecified atom stereocenters. The third-order valence-electron chi connectivity index (χ3n) is 3.66. The van der Waals surface area contributed by atoms with E-state index in [1.54, 1.807) is 17.8 Å². The van der Waals surface area contributed by atoms with Crippen LogP contribution >= 0.6 is 11.8 Å². The fraction of sp³-hybridized carbons (Fsp3) is 0.235. The molecule has 0 saturated carbocycles. The minimum atomic E-state index is -0.261. The number of carbonyl (C=O) groups is 1. The monoisotopic (exact) mass is 301 g/mol. The van der Waals surface area contributed by atoms with E-state index in [0.29, 0.717) is 6.54 Å². The van der Waals surface area contributed by atoms with Gasteiger partial charge in [-0.15, -0.1) is 11.8 Å². The third kappa shape index (κ3) is 2.81. The van der Waals surface area contributed by atoms with Gasteiger partial charge in [-0.3, -0.25) is 4.79 Å². The Bertz CT molecular complexity index is 673. The molecule has 1 saturated heterocycles. The number of benzene rings is 2. The molecule has 3 rings (SSSR count). The molecular weight excluding hydrogens is 285 g/mol. The Morgan fingerprint density at radius 3 is 2.81 bits per heavy atom. The summed E-state index contributed by atoms with van der Waals surface area (Å²) in [6.07, 6.45) is 0. The van der Waals surface area contributed by atoms with Gasteiger partial charge in [-0.1, -0.05) is 30.3 Å². The Balaban J connectivity index is 1.91. The second kappa shape index (κ2) is 5.90. The van der Waals surface area contributed by atoms with Gasteiger partial charge in [0.2, 0.25) is 0 Å². The molecule has 0 N–H and O–H groups in total. The zero-order valence-corrected chi connectivity index (χ0v) is 12.6. The molecule has 1 aliphatic rings. The molecular formula is C17H16FNOS. The van der Waals surface area contributed by atoms with Crippen molar-refractivity contribution in [2.24, 2.45) is 0 Å². The van der Waals surface area contributed by atoms with Gasteiger partial charge < -0.3 is 4.90 Å². The van der Waals surface area contributed by atoms with Crippen LogP contribution in [0.3, 0.4) is 0 Å². The van der Waals surface area contributed by atoms with Crippen molar-refractivity contribution in [3.8, 4) is 0 Å². The molecule has 2 aromatic rings. The van der Waals surface area contributed by atoms with E-state index in [4.69, 9.17) is 0 Å². The zero-order valence-electron chi connectivity index (χ0n) is 11.8. The van der Waals surface area contributed by atoms with Crippen LogP contribution in [0.5, 0.6) is 0 Å². The number of hydrogen-bond acceptors (Lipinski definition) is 2. The predicted octanol–water partition coefficient (Wildman–Crippen LogP) is 4.02. The van der Waals surface area contributed by atoms with Gasteiger partial charge in [0.1, 0.15) is 11.2 Å². The smallest absolute Gasteiger partial charge is 0.255 e. The van der Waals surface area contributed by atoms with Crippen LogP contribution in [0.25, 0.3) is 0 Å². The van der Waals surface area contributed by atoms with Crippen LogP contribution in [0.4, 0.5) is 4.39 Å². The molecule has 1 fully saturated rings. The Morgan fingerprint density at radius 2 is 2.05 bits per heavy atom. The van der Waals surface area contributed by atoms with Crippen LogP contribution in [0, 0.1) is 12.7 Å². The first kappa shape index (κ1) is 14.1. The standard InChI is InChI=1S/C17H16FNOS/c1-12-5-2-3-8-15(12)16(20)19-9-10-21-17(19)13-6-4-7-14(18)11-13/h2-8,11,17H,9-10H2,1H3/t17-/m1/s1. The summed E-state index contributed by atoms with van der Waals surface area (Å²) in [5, 5.41) is -0.104. The summed E-state index contributed by atoms with van der Waals surface area (Å²) in [5.74, 6) is 0.634. The summed E-state index contributed by atoms with van der Waals surface area (Å²) in [7, 11) is 0. The molecule has 0 bridgehead atoms. The van der Waals surface area contributed by atoms with E-state index in [1.807, 2.05) is 42.2 Å². The molecule has 1 heterocycles. The SMILES string of the molecule is Cc1ccccc1C(=O)N1CCS[C@@H]1c1cccc(F)c1. The fourth-order valence-corrected chi connectivity index (χ4v) is 3.83. The van der Waals surface area contributed by atoms with Crippen molar-refractivity contribution in [3.63, 3.8) is 0 Å². The first-order valence-corrected chi connectivity index (χ1v) is 7.95. The highest BCUT2D eigenvalue weighted by Gasteiger charge is 2.31. The molecule has 1 aliphatic heterocycles. The van der Waals surface area contributed by atoms with Gasteiger partial charge in [0, 0.05) is 17.9 Å². The highest BCUT2D eigenvalue weighted by molar-refractivity contribution is 7.99. The van der Waals surface area contributed by atoms with Gasteiger partial charge in [-0.2, -0.15) is 0 Å². The number of thioether (sulfide) groups is 1. The van der Waals surface area contributed by atoms with Crippen LogP contribution in [0.2, 0.25) is 0 Å². The molecule has 4 heteroatoms. The number of amides is 1. The minimum Gasteiger partial charge on any atom is -0.322 e. The van der Waals surface area contributed by atoms with Gasteiger partial charge >= 0.3 is 0 Å².